The average Bonchev–Trinajstić information content (AvgIpc) is 2.96. The van der Waals surface area contributed by atoms with E-state index in [-0.39, 0.29) is 17.5 Å². The van der Waals surface area contributed by atoms with E-state index in [1.807, 2.05) is 0 Å². The van der Waals surface area contributed by atoms with E-state index >= 15 is 0 Å². The van der Waals surface area contributed by atoms with Crippen molar-refractivity contribution in [1.29, 1.82) is 0 Å². The smallest absolute Gasteiger partial charge is 0.237 e. The van der Waals surface area contributed by atoms with Crippen LogP contribution in [0.25, 0.3) is 0 Å². The summed E-state index contributed by atoms with van der Waals surface area (Å²) in [5.74, 6) is -0.922. The number of aryl methyl sites for hydroxylation is 1. The van der Waals surface area contributed by atoms with E-state index in [0.29, 0.717) is 19.9 Å². The van der Waals surface area contributed by atoms with Crippen molar-refractivity contribution in [3.05, 3.63) is 29.6 Å². The molecule has 1 aromatic heterocycles. The van der Waals surface area contributed by atoms with Gasteiger partial charge < -0.3 is 11.1 Å². The van der Waals surface area contributed by atoms with Crippen LogP contribution in [0, 0.1) is 12.7 Å². The summed E-state index contributed by atoms with van der Waals surface area (Å²) in [4.78, 5) is 22.9. The highest BCUT2D eigenvalue weighted by molar-refractivity contribution is 8.04. The van der Waals surface area contributed by atoms with Crippen LogP contribution in [0.5, 0.6) is 0 Å². The van der Waals surface area contributed by atoms with Gasteiger partial charge in [0, 0.05) is 5.69 Å². The molecule has 0 aliphatic heterocycles. The van der Waals surface area contributed by atoms with Gasteiger partial charge in [-0.1, -0.05) is 40.9 Å². The molecule has 2 aromatic rings. The lowest BCUT2D eigenvalue weighted by molar-refractivity contribution is -0.116. The van der Waals surface area contributed by atoms with Crippen LogP contribution < -0.4 is 11.1 Å². The van der Waals surface area contributed by atoms with Crippen molar-refractivity contribution < 1.29 is 14.0 Å². The third kappa shape index (κ3) is 5.46. The monoisotopic (exact) mass is 386 g/mol. The lowest BCUT2D eigenvalue weighted by atomic mass is 10.2. The number of hydrogen-bond acceptors (Lipinski definition) is 7. The second kappa shape index (κ2) is 8.45. The van der Waals surface area contributed by atoms with Crippen LogP contribution in [-0.2, 0) is 9.59 Å². The van der Waals surface area contributed by atoms with Gasteiger partial charge in [-0.2, -0.15) is 0 Å². The Bertz CT molecular complexity index is 753. The fourth-order valence-corrected chi connectivity index (χ4v) is 4.46. The van der Waals surface area contributed by atoms with Gasteiger partial charge in [-0.3, -0.25) is 9.59 Å². The van der Waals surface area contributed by atoms with Crippen LogP contribution in [0.1, 0.15) is 12.5 Å². The van der Waals surface area contributed by atoms with E-state index in [4.69, 9.17) is 5.73 Å². The molecule has 0 bridgehead atoms. The number of amides is 2. The largest absolute Gasteiger partial charge is 0.369 e. The number of nitrogens with one attached hydrogen (secondary N) is 1. The lowest BCUT2D eigenvalue weighted by Gasteiger charge is -2.10. The molecule has 0 aliphatic carbocycles. The number of aromatic nitrogens is 2. The van der Waals surface area contributed by atoms with Gasteiger partial charge in [-0.25, -0.2) is 4.39 Å². The molecule has 24 heavy (non-hydrogen) atoms. The molecule has 128 valence electrons. The van der Waals surface area contributed by atoms with Crippen LogP contribution in [-0.4, -0.2) is 33.0 Å². The quantitative estimate of drug-likeness (QED) is 0.710. The molecule has 6 nitrogen and oxygen atoms in total. The number of carbonyl (C=O) groups is 2. The van der Waals surface area contributed by atoms with Crippen molar-refractivity contribution in [2.75, 3.05) is 11.1 Å². The van der Waals surface area contributed by atoms with E-state index in [2.05, 4.69) is 15.5 Å². The number of anilines is 1. The van der Waals surface area contributed by atoms with E-state index in [0.717, 1.165) is 0 Å². The van der Waals surface area contributed by atoms with Crippen LogP contribution in [0.15, 0.2) is 26.9 Å². The molecule has 10 heteroatoms. The molecule has 1 aromatic carbocycles. The summed E-state index contributed by atoms with van der Waals surface area (Å²) >= 11 is 3.74. The highest BCUT2D eigenvalue weighted by Crippen LogP contribution is 2.31. The number of rotatable bonds is 7. The van der Waals surface area contributed by atoms with Gasteiger partial charge in [-0.15, -0.1) is 10.2 Å². The predicted octanol–water partition coefficient (Wildman–Crippen LogP) is 2.68. The first-order chi connectivity index (χ1) is 11.3. The van der Waals surface area contributed by atoms with Crippen molar-refractivity contribution in [2.45, 2.75) is 27.8 Å². The lowest BCUT2D eigenvalue weighted by Crippen LogP contribution is -2.22. The maximum atomic E-state index is 13.5. The summed E-state index contributed by atoms with van der Waals surface area (Å²) in [6.07, 6.45) is 0. The maximum absolute atomic E-state index is 13.5. The first kappa shape index (κ1) is 18.7. The van der Waals surface area contributed by atoms with Gasteiger partial charge in [0.25, 0.3) is 0 Å². The number of thioether (sulfide) groups is 2. The van der Waals surface area contributed by atoms with E-state index in [1.165, 1.54) is 40.9 Å². The molecular weight excluding hydrogens is 371 g/mol. The molecule has 1 heterocycles. The first-order valence-electron chi connectivity index (χ1n) is 6.83. The summed E-state index contributed by atoms with van der Waals surface area (Å²) in [7, 11) is 0. The fraction of sp³-hybridized carbons (Fsp3) is 0.286. The van der Waals surface area contributed by atoms with Crippen LogP contribution in [0.3, 0.4) is 0 Å². The predicted molar refractivity (Wildman–Crippen MR) is 94.9 cm³/mol. The Morgan fingerprint density at radius 3 is 2.75 bits per heavy atom. The number of hydrogen-bond donors (Lipinski definition) is 2. The zero-order valence-electron chi connectivity index (χ0n) is 12.9. The Kier molecular flexibility index (Phi) is 6.58. The minimum atomic E-state index is -0.434. The summed E-state index contributed by atoms with van der Waals surface area (Å²) in [6.45, 7) is 3.38. The molecule has 0 spiro atoms. The van der Waals surface area contributed by atoms with Gasteiger partial charge in [0.15, 0.2) is 8.68 Å². The Morgan fingerprint density at radius 2 is 2.08 bits per heavy atom. The number of nitrogens with two attached hydrogens (primary N) is 1. The van der Waals surface area contributed by atoms with Crippen LogP contribution in [0.4, 0.5) is 10.1 Å². The fourth-order valence-electron chi connectivity index (χ4n) is 1.56. The number of nitrogens with zero attached hydrogens (tertiary/aromatic N) is 2. The Hall–Kier alpha value is -1.65. The third-order valence-electron chi connectivity index (χ3n) is 2.81. The minimum absolute atomic E-state index is 0.133. The summed E-state index contributed by atoms with van der Waals surface area (Å²) < 4.78 is 14.7. The second-order valence-electron chi connectivity index (χ2n) is 4.80. The van der Waals surface area contributed by atoms with Gasteiger partial charge in [0.05, 0.1) is 11.0 Å². The molecule has 3 N–H and O–H groups in total. The molecule has 2 rings (SSSR count). The standard InChI is InChI=1S/C14H15FN4O2S3/c1-7-3-4-9(5-10(7)15)17-12(21)8(2)23-14-19-18-13(24-14)22-6-11(16)20/h3-5,8H,6H2,1-2H3,(H2,16,20)(H,17,21)/t8-/m0/s1. The first-order valence-corrected chi connectivity index (χ1v) is 9.51. The molecule has 0 saturated heterocycles. The highest BCUT2D eigenvalue weighted by Gasteiger charge is 2.18. The molecule has 0 fully saturated rings. The van der Waals surface area contributed by atoms with Gasteiger partial charge in [0.2, 0.25) is 11.8 Å². The van der Waals surface area contributed by atoms with Gasteiger partial charge in [0.1, 0.15) is 5.82 Å². The van der Waals surface area contributed by atoms with E-state index in [1.54, 1.807) is 26.0 Å². The van der Waals surface area contributed by atoms with Crippen molar-refractivity contribution in [3.8, 4) is 0 Å². The van der Waals surface area contributed by atoms with Gasteiger partial charge in [-0.05, 0) is 31.5 Å². The molecular formula is C14H15FN4O2S3. The number of carbonyl (C=O) groups excluding carboxylic acids is 2. The zero-order chi connectivity index (χ0) is 17.7. The van der Waals surface area contributed by atoms with Crippen molar-refractivity contribution >= 4 is 52.4 Å². The van der Waals surface area contributed by atoms with Crippen molar-refractivity contribution in [3.63, 3.8) is 0 Å². The molecule has 2 amide bonds. The zero-order valence-corrected chi connectivity index (χ0v) is 15.4. The Morgan fingerprint density at radius 1 is 1.38 bits per heavy atom. The average molecular weight is 386 g/mol. The minimum Gasteiger partial charge on any atom is -0.369 e. The number of benzene rings is 1. The SMILES string of the molecule is Cc1ccc(NC(=O)[C@H](C)Sc2nnc(SCC(N)=O)s2)cc1F. The van der Waals surface area contributed by atoms with E-state index in [9.17, 15) is 14.0 Å². The highest BCUT2D eigenvalue weighted by atomic mass is 32.2. The summed E-state index contributed by atoms with van der Waals surface area (Å²) in [5.41, 5.74) is 6.00. The van der Waals surface area contributed by atoms with Gasteiger partial charge >= 0.3 is 0 Å². The third-order valence-corrected chi connectivity index (χ3v) is 6.08. The molecule has 0 aliphatic rings. The Labute approximate surface area is 150 Å². The second-order valence-corrected chi connectivity index (χ2v) is 8.59. The van der Waals surface area contributed by atoms with E-state index < -0.39 is 11.2 Å². The summed E-state index contributed by atoms with van der Waals surface area (Å²) in [6, 6.07) is 4.54. The maximum Gasteiger partial charge on any atom is 0.237 e. The normalized spacial score (nSPS) is 12.0. The Balaban J connectivity index is 1.91. The van der Waals surface area contributed by atoms with Crippen LogP contribution in [0.2, 0.25) is 0 Å². The topological polar surface area (TPSA) is 98.0 Å². The van der Waals surface area contributed by atoms with Crippen molar-refractivity contribution in [1.82, 2.24) is 10.2 Å². The van der Waals surface area contributed by atoms with Crippen molar-refractivity contribution in [2.24, 2.45) is 5.73 Å². The number of primary amides is 1. The molecule has 0 unspecified atom stereocenters. The molecule has 0 radical (unpaired) electrons. The number of halogens is 1. The van der Waals surface area contributed by atoms with Crippen LogP contribution >= 0.6 is 34.9 Å². The molecule has 1 atom stereocenters. The summed E-state index contributed by atoms with van der Waals surface area (Å²) in [5, 5.41) is 10.1. The molecule has 0 saturated carbocycles.